The quantitative estimate of drug-likeness (QED) is 0.718. The summed E-state index contributed by atoms with van der Waals surface area (Å²) in [7, 11) is 0. The van der Waals surface area contributed by atoms with Crippen LogP contribution in [0.25, 0.3) is 0 Å². The Morgan fingerprint density at radius 1 is 1.24 bits per heavy atom. The van der Waals surface area contributed by atoms with E-state index in [0.29, 0.717) is 0 Å². The number of aryl methyl sites for hydroxylation is 2. The van der Waals surface area contributed by atoms with E-state index in [1.54, 1.807) is 0 Å². The van der Waals surface area contributed by atoms with Crippen molar-refractivity contribution in [3.05, 3.63) is 34.3 Å². The molecule has 0 saturated carbocycles. The van der Waals surface area contributed by atoms with Crippen LogP contribution in [0.4, 0.5) is 0 Å². The molecule has 0 amide bonds. The van der Waals surface area contributed by atoms with Crippen molar-refractivity contribution >= 4 is 11.6 Å². The Balaban J connectivity index is 2.16. The van der Waals surface area contributed by atoms with Crippen molar-refractivity contribution in [1.82, 2.24) is 5.32 Å². The normalized spacial score (nSPS) is 11.1. The summed E-state index contributed by atoms with van der Waals surface area (Å²) in [4.78, 5) is 0. The molecule has 1 N–H and O–H groups in total. The smallest absolute Gasteiger partial charge is 0.0437 e. The molecule has 0 aromatic heterocycles. The van der Waals surface area contributed by atoms with Crippen molar-refractivity contribution in [2.45, 2.75) is 40.0 Å². The van der Waals surface area contributed by atoms with Crippen molar-refractivity contribution in [2.75, 3.05) is 13.1 Å². The topological polar surface area (TPSA) is 12.0 Å². The van der Waals surface area contributed by atoms with Gasteiger partial charge >= 0.3 is 0 Å². The van der Waals surface area contributed by atoms with Crippen LogP contribution in [0.1, 0.15) is 37.8 Å². The van der Waals surface area contributed by atoms with Gasteiger partial charge in [-0.15, -0.1) is 0 Å². The van der Waals surface area contributed by atoms with Crippen molar-refractivity contribution in [3.63, 3.8) is 0 Å². The van der Waals surface area contributed by atoms with Crippen LogP contribution in [0.5, 0.6) is 0 Å². The van der Waals surface area contributed by atoms with Gasteiger partial charge in [-0.25, -0.2) is 0 Å². The lowest BCUT2D eigenvalue weighted by molar-refractivity contribution is 0.535. The summed E-state index contributed by atoms with van der Waals surface area (Å²) in [6.07, 6.45) is 3.59. The molecule has 0 aliphatic heterocycles. The van der Waals surface area contributed by atoms with Crippen molar-refractivity contribution < 1.29 is 0 Å². The maximum Gasteiger partial charge on any atom is 0.0437 e. The van der Waals surface area contributed by atoms with E-state index in [0.717, 1.165) is 36.0 Å². The molecule has 0 atom stereocenters. The van der Waals surface area contributed by atoms with Gasteiger partial charge in [0.2, 0.25) is 0 Å². The maximum absolute atomic E-state index is 6.10. The summed E-state index contributed by atoms with van der Waals surface area (Å²) in [6, 6.07) is 6.38. The Labute approximate surface area is 111 Å². The third-order valence-corrected chi connectivity index (χ3v) is 3.27. The molecule has 0 radical (unpaired) electrons. The first kappa shape index (κ1) is 14.5. The second-order valence-corrected chi connectivity index (χ2v) is 5.55. The molecular formula is C15H24ClN. The highest BCUT2D eigenvalue weighted by Gasteiger charge is 1.98. The Hall–Kier alpha value is -0.530. The zero-order valence-corrected chi connectivity index (χ0v) is 12.0. The summed E-state index contributed by atoms with van der Waals surface area (Å²) in [5.41, 5.74) is 2.51. The van der Waals surface area contributed by atoms with Gasteiger partial charge in [-0.05, 0) is 62.4 Å². The zero-order chi connectivity index (χ0) is 12.7. The number of unbranched alkanes of at least 4 members (excludes halogenated alkanes) is 1. The second-order valence-electron chi connectivity index (χ2n) is 5.14. The minimum absolute atomic E-state index is 0.742. The van der Waals surface area contributed by atoms with E-state index < -0.39 is 0 Å². The molecule has 1 nitrogen and oxygen atoms in total. The van der Waals surface area contributed by atoms with Gasteiger partial charge in [-0.3, -0.25) is 0 Å². The number of nitrogens with one attached hydrogen (secondary N) is 1. The molecule has 0 aliphatic rings. The standard InChI is InChI=1S/C15H24ClN/c1-12(2)11-17-9-5-4-6-14-8-7-13(3)15(16)10-14/h7-8,10,12,17H,4-6,9,11H2,1-3H3. The van der Waals surface area contributed by atoms with Crippen LogP contribution in [0.2, 0.25) is 5.02 Å². The van der Waals surface area contributed by atoms with Gasteiger partial charge in [-0.1, -0.05) is 37.6 Å². The van der Waals surface area contributed by atoms with Gasteiger partial charge in [0, 0.05) is 5.02 Å². The molecule has 1 aromatic rings. The summed E-state index contributed by atoms with van der Waals surface area (Å²) in [6.45, 7) is 8.76. The molecule has 2 heteroatoms. The Kier molecular flexibility index (Phi) is 6.61. The summed E-state index contributed by atoms with van der Waals surface area (Å²) in [5.74, 6) is 0.742. The lowest BCUT2D eigenvalue weighted by Crippen LogP contribution is -2.20. The summed E-state index contributed by atoms with van der Waals surface area (Å²) in [5, 5.41) is 4.35. The Morgan fingerprint density at radius 2 is 2.00 bits per heavy atom. The van der Waals surface area contributed by atoms with E-state index in [1.807, 2.05) is 6.92 Å². The van der Waals surface area contributed by atoms with Crippen molar-refractivity contribution in [3.8, 4) is 0 Å². The highest BCUT2D eigenvalue weighted by molar-refractivity contribution is 6.31. The zero-order valence-electron chi connectivity index (χ0n) is 11.2. The molecule has 1 aromatic carbocycles. The molecule has 1 rings (SSSR count). The molecular weight excluding hydrogens is 230 g/mol. The molecule has 0 unspecified atom stereocenters. The van der Waals surface area contributed by atoms with Gasteiger partial charge in [0.1, 0.15) is 0 Å². The fourth-order valence-electron chi connectivity index (χ4n) is 1.76. The minimum atomic E-state index is 0.742. The maximum atomic E-state index is 6.10. The van der Waals surface area contributed by atoms with Gasteiger partial charge < -0.3 is 5.32 Å². The third-order valence-electron chi connectivity index (χ3n) is 2.86. The van der Waals surface area contributed by atoms with E-state index >= 15 is 0 Å². The SMILES string of the molecule is Cc1ccc(CCCCNCC(C)C)cc1Cl. The molecule has 0 bridgehead atoms. The molecule has 0 heterocycles. The lowest BCUT2D eigenvalue weighted by atomic mass is 10.1. The number of hydrogen-bond acceptors (Lipinski definition) is 1. The van der Waals surface area contributed by atoms with Crippen molar-refractivity contribution in [1.29, 1.82) is 0 Å². The molecule has 96 valence electrons. The molecule has 17 heavy (non-hydrogen) atoms. The van der Waals surface area contributed by atoms with Crippen LogP contribution < -0.4 is 5.32 Å². The van der Waals surface area contributed by atoms with Crippen LogP contribution in [-0.2, 0) is 6.42 Å². The molecule has 0 fully saturated rings. The van der Waals surface area contributed by atoms with E-state index in [9.17, 15) is 0 Å². The van der Waals surface area contributed by atoms with Gasteiger partial charge in [0.15, 0.2) is 0 Å². The van der Waals surface area contributed by atoms with Gasteiger partial charge in [-0.2, -0.15) is 0 Å². The monoisotopic (exact) mass is 253 g/mol. The van der Waals surface area contributed by atoms with Crippen molar-refractivity contribution in [2.24, 2.45) is 5.92 Å². The number of hydrogen-bond donors (Lipinski definition) is 1. The van der Waals surface area contributed by atoms with Crippen LogP contribution in [0, 0.1) is 12.8 Å². The minimum Gasteiger partial charge on any atom is -0.316 e. The highest BCUT2D eigenvalue weighted by atomic mass is 35.5. The lowest BCUT2D eigenvalue weighted by Gasteiger charge is -2.07. The van der Waals surface area contributed by atoms with E-state index in [2.05, 4.69) is 37.4 Å². The molecule has 0 spiro atoms. The first-order valence-corrected chi connectivity index (χ1v) is 6.93. The summed E-state index contributed by atoms with van der Waals surface area (Å²) >= 11 is 6.10. The van der Waals surface area contributed by atoms with E-state index in [-0.39, 0.29) is 0 Å². The van der Waals surface area contributed by atoms with Crippen LogP contribution in [-0.4, -0.2) is 13.1 Å². The average molecular weight is 254 g/mol. The number of rotatable bonds is 7. The molecule has 0 aliphatic carbocycles. The highest BCUT2D eigenvalue weighted by Crippen LogP contribution is 2.17. The first-order valence-electron chi connectivity index (χ1n) is 6.55. The van der Waals surface area contributed by atoms with Crippen LogP contribution in [0.3, 0.4) is 0 Å². The van der Waals surface area contributed by atoms with Gasteiger partial charge in [0.05, 0.1) is 0 Å². The average Bonchev–Trinajstić information content (AvgIpc) is 2.27. The molecule has 0 saturated heterocycles. The van der Waals surface area contributed by atoms with Crippen LogP contribution >= 0.6 is 11.6 Å². The fourth-order valence-corrected chi connectivity index (χ4v) is 1.96. The van der Waals surface area contributed by atoms with E-state index in [1.165, 1.54) is 18.4 Å². The van der Waals surface area contributed by atoms with Crippen LogP contribution in [0.15, 0.2) is 18.2 Å². The third kappa shape index (κ3) is 6.09. The Morgan fingerprint density at radius 3 is 2.65 bits per heavy atom. The number of halogens is 1. The predicted molar refractivity (Wildman–Crippen MR) is 76.8 cm³/mol. The van der Waals surface area contributed by atoms with Gasteiger partial charge in [0.25, 0.3) is 0 Å². The fraction of sp³-hybridized carbons (Fsp3) is 0.600. The Bertz CT molecular complexity index is 334. The summed E-state index contributed by atoms with van der Waals surface area (Å²) < 4.78 is 0. The predicted octanol–water partition coefficient (Wildman–Crippen LogP) is 4.22. The largest absolute Gasteiger partial charge is 0.316 e. The first-order chi connectivity index (χ1) is 8.09. The second kappa shape index (κ2) is 7.73. The number of benzene rings is 1. The van der Waals surface area contributed by atoms with E-state index in [4.69, 9.17) is 11.6 Å².